The smallest absolute Gasteiger partial charge is 0.151 e. The molecule has 1 aliphatic rings. The molecule has 1 aromatic carbocycles. The molecule has 24 heavy (non-hydrogen) atoms. The molecule has 1 saturated heterocycles. The van der Waals surface area contributed by atoms with E-state index in [4.69, 9.17) is 4.52 Å². The van der Waals surface area contributed by atoms with Gasteiger partial charge in [0.2, 0.25) is 0 Å². The molecule has 4 rings (SSSR count). The molecule has 1 unspecified atom stereocenters. The predicted molar refractivity (Wildman–Crippen MR) is 86.6 cm³/mol. The van der Waals surface area contributed by atoms with Crippen molar-refractivity contribution in [3.05, 3.63) is 66.2 Å². The van der Waals surface area contributed by atoms with Crippen LogP contribution in [0.5, 0.6) is 0 Å². The Bertz CT molecular complexity index is 803. The number of benzene rings is 1. The van der Waals surface area contributed by atoms with E-state index in [1.807, 2.05) is 12.3 Å². The van der Waals surface area contributed by atoms with Gasteiger partial charge < -0.3 is 4.52 Å². The van der Waals surface area contributed by atoms with E-state index in [1.165, 1.54) is 12.1 Å². The number of likely N-dealkylation sites (tertiary alicyclic amines) is 1. The lowest BCUT2D eigenvalue weighted by atomic mass is 10.1. The highest BCUT2D eigenvalue weighted by Gasteiger charge is 2.25. The number of halogens is 1. The summed E-state index contributed by atoms with van der Waals surface area (Å²) in [6, 6.07) is 8.18. The molecule has 0 bridgehead atoms. The van der Waals surface area contributed by atoms with Crippen molar-refractivity contribution in [2.75, 3.05) is 13.1 Å². The van der Waals surface area contributed by atoms with Gasteiger partial charge in [-0.05, 0) is 37.2 Å². The molecule has 1 aliphatic heterocycles. The maximum Gasteiger partial charge on any atom is 0.151 e. The molecule has 0 amide bonds. The van der Waals surface area contributed by atoms with Crippen LogP contribution in [0, 0.1) is 5.82 Å². The summed E-state index contributed by atoms with van der Waals surface area (Å²) in [7, 11) is 0. The van der Waals surface area contributed by atoms with Gasteiger partial charge in [0.05, 0.1) is 12.2 Å². The second-order valence-corrected chi connectivity index (χ2v) is 6.04. The van der Waals surface area contributed by atoms with E-state index in [-0.39, 0.29) is 5.82 Å². The summed E-state index contributed by atoms with van der Waals surface area (Å²) in [5.41, 5.74) is 2.63. The van der Waals surface area contributed by atoms with E-state index in [9.17, 15) is 4.39 Å². The lowest BCUT2D eigenvalue weighted by Gasteiger charge is -2.13. The SMILES string of the molecule is Fc1ccc(-c2cc(CN3CCC(c4cnccn4)C3)on2)cc1. The zero-order valence-corrected chi connectivity index (χ0v) is 13.1. The summed E-state index contributed by atoms with van der Waals surface area (Å²) < 4.78 is 18.4. The second-order valence-electron chi connectivity index (χ2n) is 6.04. The lowest BCUT2D eigenvalue weighted by molar-refractivity contribution is 0.271. The third-order valence-electron chi connectivity index (χ3n) is 4.35. The van der Waals surface area contributed by atoms with Crippen LogP contribution in [-0.2, 0) is 6.54 Å². The van der Waals surface area contributed by atoms with Crippen molar-refractivity contribution in [1.82, 2.24) is 20.0 Å². The molecule has 0 N–H and O–H groups in total. The Balaban J connectivity index is 1.41. The maximum absolute atomic E-state index is 13.0. The summed E-state index contributed by atoms with van der Waals surface area (Å²) in [4.78, 5) is 10.9. The standard InChI is InChI=1S/C18H17FN4O/c19-15-3-1-13(2-4-15)17-9-16(24-22-17)12-23-8-5-14(11-23)18-10-20-6-7-21-18/h1-4,6-7,9-10,14H,5,8,11-12H2. The van der Waals surface area contributed by atoms with Crippen LogP contribution < -0.4 is 0 Å². The number of nitrogens with zero attached hydrogens (tertiary/aromatic N) is 4. The molecule has 0 spiro atoms. The number of hydrogen-bond acceptors (Lipinski definition) is 5. The second kappa shape index (κ2) is 6.49. The molecule has 122 valence electrons. The number of rotatable bonds is 4. The van der Waals surface area contributed by atoms with E-state index in [1.54, 1.807) is 24.5 Å². The zero-order valence-electron chi connectivity index (χ0n) is 13.1. The molecule has 0 saturated carbocycles. The van der Waals surface area contributed by atoms with Gasteiger partial charge in [0.1, 0.15) is 11.5 Å². The molecule has 1 fully saturated rings. The molecule has 2 aromatic heterocycles. The zero-order chi connectivity index (χ0) is 16.4. The van der Waals surface area contributed by atoms with Gasteiger partial charge in [0, 0.05) is 42.7 Å². The largest absolute Gasteiger partial charge is 0.359 e. The van der Waals surface area contributed by atoms with Crippen molar-refractivity contribution in [3.63, 3.8) is 0 Å². The minimum atomic E-state index is -0.255. The molecule has 3 heterocycles. The Kier molecular flexibility index (Phi) is 4.04. The summed E-state index contributed by atoms with van der Waals surface area (Å²) in [5.74, 6) is 0.974. The third kappa shape index (κ3) is 3.19. The van der Waals surface area contributed by atoms with Gasteiger partial charge in [-0.25, -0.2) is 4.39 Å². The minimum Gasteiger partial charge on any atom is -0.359 e. The molecule has 1 atom stereocenters. The Morgan fingerprint density at radius 2 is 2.08 bits per heavy atom. The van der Waals surface area contributed by atoms with E-state index < -0.39 is 0 Å². The van der Waals surface area contributed by atoms with Crippen molar-refractivity contribution in [1.29, 1.82) is 0 Å². The molecular weight excluding hydrogens is 307 g/mol. The van der Waals surface area contributed by atoms with Crippen LogP contribution >= 0.6 is 0 Å². The topological polar surface area (TPSA) is 55.1 Å². The van der Waals surface area contributed by atoms with Gasteiger partial charge >= 0.3 is 0 Å². The number of hydrogen-bond donors (Lipinski definition) is 0. The van der Waals surface area contributed by atoms with Gasteiger partial charge in [-0.15, -0.1) is 0 Å². The van der Waals surface area contributed by atoms with Crippen LogP contribution in [0.15, 0.2) is 53.4 Å². The number of aromatic nitrogens is 3. The summed E-state index contributed by atoms with van der Waals surface area (Å²) in [6.45, 7) is 2.64. The van der Waals surface area contributed by atoms with Gasteiger partial charge in [-0.3, -0.25) is 14.9 Å². The van der Waals surface area contributed by atoms with Gasteiger partial charge in [-0.1, -0.05) is 5.16 Å². The van der Waals surface area contributed by atoms with E-state index in [0.717, 1.165) is 42.2 Å². The Morgan fingerprint density at radius 1 is 1.21 bits per heavy atom. The van der Waals surface area contributed by atoms with E-state index >= 15 is 0 Å². The molecule has 0 radical (unpaired) electrons. The van der Waals surface area contributed by atoms with E-state index in [2.05, 4.69) is 20.0 Å². The fraction of sp³-hybridized carbons (Fsp3) is 0.278. The van der Waals surface area contributed by atoms with Gasteiger partial charge in [0.25, 0.3) is 0 Å². The summed E-state index contributed by atoms with van der Waals surface area (Å²) in [6.07, 6.45) is 6.35. The molecular formula is C18H17FN4O. The highest BCUT2D eigenvalue weighted by molar-refractivity contribution is 5.58. The van der Waals surface area contributed by atoms with Crippen molar-refractivity contribution in [2.45, 2.75) is 18.9 Å². The minimum absolute atomic E-state index is 0.255. The highest BCUT2D eigenvalue weighted by Crippen LogP contribution is 2.27. The van der Waals surface area contributed by atoms with Crippen molar-refractivity contribution >= 4 is 0 Å². The molecule has 5 nitrogen and oxygen atoms in total. The lowest BCUT2D eigenvalue weighted by Crippen LogP contribution is -2.19. The predicted octanol–water partition coefficient (Wildman–Crippen LogP) is 3.26. The van der Waals surface area contributed by atoms with E-state index in [0.29, 0.717) is 12.5 Å². The Hall–Kier alpha value is -2.60. The van der Waals surface area contributed by atoms with Crippen molar-refractivity contribution in [3.8, 4) is 11.3 Å². The summed E-state index contributed by atoms with van der Waals surface area (Å²) in [5, 5.41) is 4.09. The van der Waals surface area contributed by atoms with Crippen LogP contribution in [0.4, 0.5) is 4.39 Å². The van der Waals surface area contributed by atoms with Crippen molar-refractivity contribution in [2.24, 2.45) is 0 Å². The fourth-order valence-corrected chi connectivity index (χ4v) is 3.10. The Labute approximate surface area is 139 Å². The first-order valence-electron chi connectivity index (χ1n) is 7.98. The van der Waals surface area contributed by atoms with Crippen LogP contribution in [0.2, 0.25) is 0 Å². The van der Waals surface area contributed by atoms with Crippen LogP contribution in [0.1, 0.15) is 23.8 Å². The molecule has 0 aliphatic carbocycles. The average molecular weight is 324 g/mol. The normalized spacial score (nSPS) is 18.1. The first-order chi connectivity index (χ1) is 11.8. The first-order valence-corrected chi connectivity index (χ1v) is 7.98. The average Bonchev–Trinajstić information content (AvgIpc) is 3.27. The summed E-state index contributed by atoms with van der Waals surface area (Å²) >= 11 is 0. The molecule has 3 aromatic rings. The van der Waals surface area contributed by atoms with Crippen molar-refractivity contribution < 1.29 is 8.91 Å². The Morgan fingerprint density at radius 3 is 2.88 bits per heavy atom. The monoisotopic (exact) mass is 324 g/mol. The van der Waals surface area contributed by atoms with Crippen LogP contribution in [0.3, 0.4) is 0 Å². The van der Waals surface area contributed by atoms with Crippen LogP contribution in [0.25, 0.3) is 11.3 Å². The van der Waals surface area contributed by atoms with Crippen LogP contribution in [-0.4, -0.2) is 33.1 Å². The van der Waals surface area contributed by atoms with Gasteiger partial charge in [-0.2, -0.15) is 0 Å². The highest BCUT2D eigenvalue weighted by atomic mass is 19.1. The maximum atomic E-state index is 13.0. The van der Waals surface area contributed by atoms with Gasteiger partial charge in [0.15, 0.2) is 5.76 Å². The first kappa shape index (κ1) is 15.0. The third-order valence-corrected chi connectivity index (χ3v) is 4.35. The fourth-order valence-electron chi connectivity index (χ4n) is 3.10. The quantitative estimate of drug-likeness (QED) is 0.737. The molecule has 6 heteroatoms.